The summed E-state index contributed by atoms with van der Waals surface area (Å²) in [4.78, 5) is 14.2. The maximum absolute atomic E-state index is 12.4. The van der Waals surface area contributed by atoms with Crippen molar-refractivity contribution in [1.82, 2.24) is 0 Å². The Labute approximate surface area is 124 Å². The number of rotatable bonds is 3. The highest BCUT2D eigenvalue weighted by Gasteiger charge is 2.29. The molecule has 0 radical (unpaired) electrons. The summed E-state index contributed by atoms with van der Waals surface area (Å²) in [6.07, 6.45) is 0.605. The fourth-order valence-electron chi connectivity index (χ4n) is 2.67. The number of fused-ring (bicyclic) bond motifs is 1. The lowest BCUT2D eigenvalue weighted by molar-refractivity contribution is -0.120. The normalized spacial score (nSPS) is 17.5. The molecule has 1 aliphatic heterocycles. The Morgan fingerprint density at radius 1 is 1.19 bits per heavy atom. The van der Waals surface area contributed by atoms with Gasteiger partial charge in [0.15, 0.2) is 0 Å². The number of hydrogen-bond acceptors (Lipinski definition) is 3. The number of benzene rings is 2. The molecule has 0 spiro atoms. The van der Waals surface area contributed by atoms with E-state index in [1.165, 1.54) is 0 Å². The SMILES string of the molecule is COc1ccc(CN2C(=O)C(N)Cc3ccccc32)cc1. The molecule has 0 aliphatic carbocycles. The van der Waals surface area contributed by atoms with E-state index in [1.54, 1.807) is 12.0 Å². The summed E-state index contributed by atoms with van der Waals surface area (Å²) in [6, 6.07) is 15.2. The lowest BCUT2D eigenvalue weighted by Crippen LogP contribution is -2.48. The van der Waals surface area contributed by atoms with Gasteiger partial charge >= 0.3 is 0 Å². The van der Waals surface area contributed by atoms with E-state index in [2.05, 4.69) is 0 Å². The molecule has 4 heteroatoms. The van der Waals surface area contributed by atoms with Crippen LogP contribution in [0.5, 0.6) is 5.75 Å². The van der Waals surface area contributed by atoms with E-state index >= 15 is 0 Å². The number of nitrogens with zero attached hydrogens (tertiary/aromatic N) is 1. The molecule has 0 saturated carbocycles. The number of anilines is 1. The summed E-state index contributed by atoms with van der Waals surface area (Å²) in [5, 5.41) is 0. The maximum Gasteiger partial charge on any atom is 0.244 e. The lowest BCUT2D eigenvalue weighted by Gasteiger charge is -2.32. The highest BCUT2D eigenvalue weighted by atomic mass is 16.5. The third kappa shape index (κ3) is 2.62. The second-order valence-corrected chi connectivity index (χ2v) is 5.21. The number of carbonyl (C=O) groups excluding carboxylic acids is 1. The minimum Gasteiger partial charge on any atom is -0.497 e. The van der Waals surface area contributed by atoms with Gasteiger partial charge in [0.2, 0.25) is 5.91 Å². The number of amides is 1. The fraction of sp³-hybridized carbons (Fsp3) is 0.235. The van der Waals surface area contributed by atoms with E-state index in [0.29, 0.717) is 13.0 Å². The Bertz CT molecular complexity index is 652. The topological polar surface area (TPSA) is 55.6 Å². The summed E-state index contributed by atoms with van der Waals surface area (Å²) in [6.45, 7) is 0.521. The van der Waals surface area contributed by atoms with Crippen molar-refractivity contribution in [2.24, 2.45) is 5.73 Å². The van der Waals surface area contributed by atoms with Gasteiger partial charge in [-0.25, -0.2) is 0 Å². The van der Waals surface area contributed by atoms with E-state index < -0.39 is 6.04 Å². The fourth-order valence-corrected chi connectivity index (χ4v) is 2.67. The molecule has 2 N–H and O–H groups in total. The van der Waals surface area contributed by atoms with Crippen LogP contribution in [-0.2, 0) is 17.8 Å². The highest BCUT2D eigenvalue weighted by Crippen LogP contribution is 2.28. The molecule has 1 amide bonds. The van der Waals surface area contributed by atoms with Gasteiger partial charge in [-0.15, -0.1) is 0 Å². The van der Waals surface area contributed by atoms with Crippen molar-refractivity contribution in [3.05, 3.63) is 59.7 Å². The van der Waals surface area contributed by atoms with Crippen LogP contribution in [0, 0.1) is 0 Å². The Hall–Kier alpha value is -2.33. The predicted octanol–water partition coefficient (Wildman–Crippen LogP) is 2.11. The van der Waals surface area contributed by atoms with Crippen molar-refractivity contribution < 1.29 is 9.53 Å². The number of carbonyl (C=O) groups is 1. The molecule has 2 aromatic carbocycles. The van der Waals surface area contributed by atoms with Crippen LogP contribution < -0.4 is 15.4 Å². The highest BCUT2D eigenvalue weighted by molar-refractivity contribution is 6.00. The molecule has 0 fully saturated rings. The zero-order valence-electron chi connectivity index (χ0n) is 12.0. The zero-order chi connectivity index (χ0) is 14.8. The Morgan fingerprint density at radius 3 is 2.62 bits per heavy atom. The average Bonchev–Trinajstić information content (AvgIpc) is 2.52. The van der Waals surface area contributed by atoms with Gasteiger partial charge in [0, 0.05) is 5.69 Å². The molecular weight excluding hydrogens is 264 g/mol. The molecule has 21 heavy (non-hydrogen) atoms. The summed E-state index contributed by atoms with van der Waals surface area (Å²) in [5.41, 5.74) is 9.10. The van der Waals surface area contributed by atoms with Crippen LogP contribution >= 0.6 is 0 Å². The second kappa shape index (κ2) is 5.58. The number of nitrogens with two attached hydrogens (primary N) is 1. The van der Waals surface area contributed by atoms with Crippen molar-refractivity contribution in [3.8, 4) is 5.75 Å². The number of ether oxygens (including phenoxy) is 1. The molecule has 3 rings (SSSR count). The van der Waals surface area contributed by atoms with Crippen LogP contribution in [0.2, 0.25) is 0 Å². The van der Waals surface area contributed by atoms with Crippen molar-refractivity contribution in [2.75, 3.05) is 12.0 Å². The van der Waals surface area contributed by atoms with Crippen LogP contribution in [0.4, 0.5) is 5.69 Å². The van der Waals surface area contributed by atoms with Gasteiger partial charge in [0.1, 0.15) is 5.75 Å². The van der Waals surface area contributed by atoms with Gasteiger partial charge in [-0.1, -0.05) is 30.3 Å². The van der Waals surface area contributed by atoms with Gasteiger partial charge in [-0.2, -0.15) is 0 Å². The summed E-state index contributed by atoms with van der Waals surface area (Å²) in [5.74, 6) is 0.783. The van der Waals surface area contributed by atoms with Crippen LogP contribution in [0.1, 0.15) is 11.1 Å². The first-order chi connectivity index (χ1) is 10.2. The molecule has 108 valence electrons. The first kappa shape index (κ1) is 13.6. The molecule has 0 saturated heterocycles. The monoisotopic (exact) mass is 282 g/mol. The maximum atomic E-state index is 12.4. The smallest absolute Gasteiger partial charge is 0.244 e. The molecule has 4 nitrogen and oxygen atoms in total. The number of para-hydroxylation sites is 1. The quantitative estimate of drug-likeness (QED) is 0.938. The van der Waals surface area contributed by atoms with Crippen molar-refractivity contribution in [2.45, 2.75) is 19.0 Å². The van der Waals surface area contributed by atoms with Crippen LogP contribution in [-0.4, -0.2) is 19.1 Å². The number of hydrogen-bond donors (Lipinski definition) is 1. The summed E-state index contributed by atoms with van der Waals surface area (Å²) < 4.78 is 5.15. The van der Waals surface area contributed by atoms with Crippen LogP contribution in [0.25, 0.3) is 0 Å². The van der Waals surface area contributed by atoms with E-state index in [-0.39, 0.29) is 5.91 Å². The third-order valence-corrected chi connectivity index (χ3v) is 3.81. The van der Waals surface area contributed by atoms with Gasteiger partial charge in [-0.3, -0.25) is 4.79 Å². The van der Waals surface area contributed by atoms with E-state index in [0.717, 1.165) is 22.6 Å². The molecular formula is C17H18N2O2. The van der Waals surface area contributed by atoms with Gasteiger partial charge in [0.25, 0.3) is 0 Å². The van der Waals surface area contributed by atoms with Crippen molar-refractivity contribution in [1.29, 1.82) is 0 Å². The molecule has 1 heterocycles. The third-order valence-electron chi connectivity index (χ3n) is 3.81. The minimum absolute atomic E-state index is 0.0236. The molecule has 1 atom stereocenters. The van der Waals surface area contributed by atoms with Gasteiger partial charge in [0.05, 0.1) is 19.7 Å². The van der Waals surface area contributed by atoms with Gasteiger partial charge in [-0.05, 0) is 35.7 Å². The Morgan fingerprint density at radius 2 is 1.90 bits per heavy atom. The molecule has 2 aromatic rings. The zero-order valence-corrected chi connectivity index (χ0v) is 12.0. The Balaban J connectivity index is 1.90. The molecule has 0 aromatic heterocycles. The van der Waals surface area contributed by atoms with E-state index in [9.17, 15) is 4.79 Å². The van der Waals surface area contributed by atoms with Crippen LogP contribution in [0.15, 0.2) is 48.5 Å². The largest absolute Gasteiger partial charge is 0.497 e. The Kier molecular flexibility index (Phi) is 3.62. The standard InChI is InChI=1S/C17H18N2O2/c1-21-14-8-6-12(7-9-14)11-19-16-5-3-2-4-13(16)10-15(18)17(19)20/h2-9,15H,10-11,18H2,1H3. The van der Waals surface area contributed by atoms with E-state index in [4.69, 9.17) is 10.5 Å². The second-order valence-electron chi connectivity index (χ2n) is 5.21. The predicted molar refractivity (Wildman–Crippen MR) is 82.3 cm³/mol. The molecule has 0 bridgehead atoms. The minimum atomic E-state index is -0.460. The van der Waals surface area contributed by atoms with Crippen molar-refractivity contribution in [3.63, 3.8) is 0 Å². The van der Waals surface area contributed by atoms with Crippen LogP contribution in [0.3, 0.4) is 0 Å². The molecule has 1 aliphatic rings. The first-order valence-electron chi connectivity index (χ1n) is 6.97. The first-order valence-corrected chi connectivity index (χ1v) is 6.97. The van der Waals surface area contributed by atoms with E-state index in [1.807, 2.05) is 48.5 Å². The summed E-state index contributed by atoms with van der Waals surface area (Å²) >= 11 is 0. The lowest BCUT2D eigenvalue weighted by atomic mass is 9.97. The van der Waals surface area contributed by atoms with Gasteiger partial charge < -0.3 is 15.4 Å². The average molecular weight is 282 g/mol. The van der Waals surface area contributed by atoms with Crippen molar-refractivity contribution >= 4 is 11.6 Å². The summed E-state index contributed by atoms with van der Waals surface area (Å²) in [7, 11) is 1.64. The molecule has 1 unspecified atom stereocenters. The number of methoxy groups -OCH3 is 1.